The molecular weight excluding hydrogens is 278 g/mol. The van der Waals surface area contributed by atoms with E-state index in [-0.39, 0.29) is 11.6 Å². The minimum atomic E-state index is -3.51. The highest BCUT2D eigenvalue weighted by Gasteiger charge is 2.24. The lowest BCUT2D eigenvalue weighted by Crippen LogP contribution is -2.28. The van der Waals surface area contributed by atoms with Gasteiger partial charge in [0.05, 0.1) is 0 Å². The summed E-state index contributed by atoms with van der Waals surface area (Å²) in [5, 5.41) is 8.83. The fourth-order valence-electron chi connectivity index (χ4n) is 1.97. The molecule has 7 heteroatoms. The number of aryl methyl sites for hydroxylation is 2. The second kappa shape index (κ2) is 7.75. The SMILES string of the molecule is CCCn1cc(S(=O)(=O)N(C)CCCCCO)nc1C. The molecule has 1 rings (SSSR count). The predicted molar refractivity (Wildman–Crippen MR) is 78.0 cm³/mol. The maximum absolute atomic E-state index is 12.4. The third kappa shape index (κ3) is 4.29. The Morgan fingerprint density at radius 3 is 2.65 bits per heavy atom. The van der Waals surface area contributed by atoms with E-state index in [2.05, 4.69) is 4.98 Å². The van der Waals surface area contributed by atoms with Crippen molar-refractivity contribution in [1.29, 1.82) is 0 Å². The van der Waals surface area contributed by atoms with Crippen molar-refractivity contribution in [3.05, 3.63) is 12.0 Å². The molecule has 0 aliphatic carbocycles. The number of unbranched alkanes of at least 4 members (excludes halogenated alkanes) is 2. The Labute approximate surface area is 121 Å². The van der Waals surface area contributed by atoms with Crippen molar-refractivity contribution in [2.45, 2.75) is 51.1 Å². The fraction of sp³-hybridized carbons (Fsp3) is 0.769. The zero-order valence-electron chi connectivity index (χ0n) is 12.5. The molecular formula is C13H25N3O3S. The monoisotopic (exact) mass is 303 g/mol. The van der Waals surface area contributed by atoms with Crippen LogP contribution < -0.4 is 0 Å². The summed E-state index contributed by atoms with van der Waals surface area (Å²) in [5.41, 5.74) is 0. The standard InChI is InChI=1S/C13H25N3O3S/c1-4-8-16-11-13(14-12(16)2)20(18,19)15(3)9-6-5-7-10-17/h11,17H,4-10H2,1-3H3. The van der Waals surface area contributed by atoms with E-state index in [0.29, 0.717) is 13.0 Å². The number of aliphatic hydroxyl groups excluding tert-OH is 1. The molecule has 1 aromatic rings. The van der Waals surface area contributed by atoms with Crippen molar-refractivity contribution in [3.8, 4) is 0 Å². The van der Waals surface area contributed by atoms with E-state index in [0.717, 1.165) is 31.6 Å². The highest BCUT2D eigenvalue weighted by molar-refractivity contribution is 7.89. The Hall–Kier alpha value is -0.920. The van der Waals surface area contributed by atoms with E-state index in [4.69, 9.17) is 5.11 Å². The minimum Gasteiger partial charge on any atom is -0.396 e. The molecule has 1 N–H and O–H groups in total. The van der Waals surface area contributed by atoms with Crippen LogP contribution >= 0.6 is 0 Å². The largest absolute Gasteiger partial charge is 0.396 e. The Balaban J connectivity index is 2.74. The summed E-state index contributed by atoms with van der Waals surface area (Å²) < 4.78 is 27.9. The Kier molecular flexibility index (Phi) is 6.64. The lowest BCUT2D eigenvalue weighted by Gasteiger charge is -2.15. The van der Waals surface area contributed by atoms with Crippen LogP contribution in [0.2, 0.25) is 0 Å². The lowest BCUT2D eigenvalue weighted by molar-refractivity contribution is 0.281. The number of aromatic nitrogens is 2. The molecule has 20 heavy (non-hydrogen) atoms. The molecule has 116 valence electrons. The Bertz CT molecular complexity index is 511. The van der Waals surface area contributed by atoms with Gasteiger partial charge in [0.25, 0.3) is 10.0 Å². The average molecular weight is 303 g/mol. The first kappa shape index (κ1) is 17.1. The van der Waals surface area contributed by atoms with Crippen LogP contribution in [-0.2, 0) is 16.6 Å². The van der Waals surface area contributed by atoms with Gasteiger partial charge in [0.1, 0.15) is 5.82 Å². The molecule has 1 heterocycles. The summed E-state index contributed by atoms with van der Waals surface area (Å²) >= 11 is 0. The minimum absolute atomic E-state index is 0.119. The van der Waals surface area contributed by atoms with Crippen LogP contribution in [0.3, 0.4) is 0 Å². The van der Waals surface area contributed by atoms with Crippen molar-refractivity contribution >= 4 is 10.0 Å². The van der Waals surface area contributed by atoms with Gasteiger partial charge < -0.3 is 9.67 Å². The Morgan fingerprint density at radius 2 is 2.05 bits per heavy atom. The quantitative estimate of drug-likeness (QED) is 0.699. The molecule has 0 bridgehead atoms. The zero-order chi connectivity index (χ0) is 15.2. The lowest BCUT2D eigenvalue weighted by atomic mass is 10.2. The number of aliphatic hydroxyl groups is 1. The van der Waals surface area contributed by atoms with Gasteiger partial charge in [-0.05, 0) is 32.6 Å². The van der Waals surface area contributed by atoms with Gasteiger partial charge in [-0.1, -0.05) is 6.92 Å². The molecule has 0 aliphatic rings. The van der Waals surface area contributed by atoms with Crippen LogP contribution in [0.15, 0.2) is 11.2 Å². The number of nitrogens with zero attached hydrogens (tertiary/aromatic N) is 3. The molecule has 0 radical (unpaired) electrons. The summed E-state index contributed by atoms with van der Waals surface area (Å²) in [5.74, 6) is 0.721. The summed E-state index contributed by atoms with van der Waals surface area (Å²) in [7, 11) is -1.94. The van der Waals surface area contributed by atoms with Gasteiger partial charge >= 0.3 is 0 Å². The maximum Gasteiger partial charge on any atom is 0.261 e. The third-order valence-electron chi connectivity index (χ3n) is 3.22. The van der Waals surface area contributed by atoms with Crippen LogP contribution in [0, 0.1) is 6.92 Å². The van der Waals surface area contributed by atoms with E-state index in [9.17, 15) is 8.42 Å². The van der Waals surface area contributed by atoms with Gasteiger partial charge in [-0.2, -0.15) is 4.31 Å². The molecule has 0 spiro atoms. The first-order chi connectivity index (χ1) is 9.43. The maximum atomic E-state index is 12.4. The summed E-state index contributed by atoms with van der Waals surface area (Å²) in [6, 6.07) is 0. The molecule has 0 fully saturated rings. The number of sulfonamides is 1. The van der Waals surface area contributed by atoms with E-state index in [1.54, 1.807) is 13.2 Å². The van der Waals surface area contributed by atoms with Gasteiger partial charge in [0, 0.05) is 32.9 Å². The summed E-state index contributed by atoms with van der Waals surface area (Å²) in [4.78, 5) is 4.16. The second-order valence-electron chi connectivity index (χ2n) is 4.93. The van der Waals surface area contributed by atoms with E-state index < -0.39 is 10.0 Å². The van der Waals surface area contributed by atoms with Crippen LogP contribution in [0.25, 0.3) is 0 Å². The zero-order valence-corrected chi connectivity index (χ0v) is 13.4. The van der Waals surface area contributed by atoms with Crippen LogP contribution in [-0.4, -0.2) is 47.6 Å². The van der Waals surface area contributed by atoms with Crippen molar-refractivity contribution in [3.63, 3.8) is 0 Å². The molecule has 0 amide bonds. The molecule has 0 saturated carbocycles. The Morgan fingerprint density at radius 1 is 1.35 bits per heavy atom. The first-order valence-corrected chi connectivity index (χ1v) is 8.48. The number of rotatable bonds is 9. The smallest absolute Gasteiger partial charge is 0.261 e. The van der Waals surface area contributed by atoms with Crippen LogP contribution in [0.5, 0.6) is 0 Å². The molecule has 1 aromatic heterocycles. The molecule has 0 aliphatic heterocycles. The van der Waals surface area contributed by atoms with E-state index >= 15 is 0 Å². The van der Waals surface area contributed by atoms with Gasteiger partial charge in [-0.25, -0.2) is 13.4 Å². The van der Waals surface area contributed by atoms with Crippen molar-refractivity contribution < 1.29 is 13.5 Å². The first-order valence-electron chi connectivity index (χ1n) is 7.04. The molecule has 0 atom stereocenters. The summed E-state index contributed by atoms with van der Waals surface area (Å²) in [6.45, 7) is 5.23. The van der Waals surface area contributed by atoms with E-state index in [1.165, 1.54) is 4.31 Å². The predicted octanol–water partition coefficient (Wildman–Crippen LogP) is 1.38. The van der Waals surface area contributed by atoms with Gasteiger partial charge in [-0.3, -0.25) is 0 Å². The number of hydrogen-bond donors (Lipinski definition) is 1. The molecule has 6 nitrogen and oxygen atoms in total. The third-order valence-corrected chi connectivity index (χ3v) is 4.95. The van der Waals surface area contributed by atoms with Gasteiger partial charge in [0.2, 0.25) is 0 Å². The topological polar surface area (TPSA) is 75.4 Å². The average Bonchev–Trinajstić information content (AvgIpc) is 2.77. The van der Waals surface area contributed by atoms with Crippen LogP contribution in [0.1, 0.15) is 38.4 Å². The number of hydrogen-bond acceptors (Lipinski definition) is 4. The normalized spacial score (nSPS) is 12.2. The van der Waals surface area contributed by atoms with Gasteiger partial charge in [-0.15, -0.1) is 0 Å². The highest BCUT2D eigenvalue weighted by Crippen LogP contribution is 2.15. The molecule has 0 saturated heterocycles. The van der Waals surface area contributed by atoms with Crippen molar-refractivity contribution in [1.82, 2.24) is 13.9 Å². The summed E-state index contributed by atoms with van der Waals surface area (Å²) in [6.07, 6.45) is 4.81. The van der Waals surface area contributed by atoms with Crippen LogP contribution in [0.4, 0.5) is 0 Å². The molecule has 0 unspecified atom stereocenters. The van der Waals surface area contributed by atoms with E-state index in [1.807, 2.05) is 18.4 Å². The molecule has 0 aromatic carbocycles. The fourth-order valence-corrected chi connectivity index (χ4v) is 3.17. The number of imidazole rings is 1. The van der Waals surface area contributed by atoms with Crippen molar-refractivity contribution in [2.24, 2.45) is 0 Å². The van der Waals surface area contributed by atoms with Crippen molar-refractivity contribution in [2.75, 3.05) is 20.2 Å². The second-order valence-corrected chi connectivity index (χ2v) is 6.92. The van der Waals surface area contributed by atoms with Gasteiger partial charge in [0.15, 0.2) is 5.03 Å². The highest BCUT2D eigenvalue weighted by atomic mass is 32.2.